The van der Waals surface area contributed by atoms with Gasteiger partial charge in [-0.3, -0.25) is 4.79 Å². The fourth-order valence-corrected chi connectivity index (χ4v) is 6.55. The maximum Gasteiger partial charge on any atom is 0.274 e. The zero-order valence-electron chi connectivity index (χ0n) is 21.3. The Labute approximate surface area is 221 Å². The minimum Gasteiger partial charge on any atom is -0.390 e. The Hall–Kier alpha value is -2.44. The lowest BCUT2D eigenvalue weighted by Gasteiger charge is -2.46. The standard InChI is InChI=1S/C28H33ClFN3O4/c1-26(2,35)19-13-28(37,14-19)7-6-27(36)11-17-8-16(9-18(17)12-27)23-24(33(3)15-31-23)25(34)32-20-4-5-22(30)21(29)10-20/h4-5,10,15-19,35-37H,8-9,11-14H2,1-3H3,(H,32,34). The number of hydrogen-bond donors (Lipinski definition) is 4. The van der Waals surface area contributed by atoms with Crippen LogP contribution in [0.3, 0.4) is 0 Å². The molecule has 37 heavy (non-hydrogen) atoms. The fraction of sp³-hybridized carbons (Fsp3) is 0.571. The molecule has 2 atom stereocenters. The van der Waals surface area contributed by atoms with Gasteiger partial charge in [0.25, 0.3) is 5.91 Å². The van der Waals surface area contributed by atoms with E-state index in [4.69, 9.17) is 11.6 Å². The van der Waals surface area contributed by atoms with E-state index in [2.05, 4.69) is 22.1 Å². The van der Waals surface area contributed by atoms with Gasteiger partial charge >= 0.3 is 0 Å². The Balaban J connectivity index is 1.24. The van der Waals surface area contributed by atoms with Crippen LogP contribution in [0.4, 0.5) is 10.1 Å². The van der Waals surface area contributed by atoms with E-state index in [0.717, 1.165) is 18.5 Å². The summed E-state index contributed by atoms with van der Waals surface area (Å²) in [5, 5.41) is 34.7. The number of anilines is 1. The molecule has 1 aromatic carbocycles. The first-order valence-corrected chi connectivity index (χ1v) is 13.1. The number of benzene rings is 1. The predicted molar refractivity (Wildman–Crippen MR) is 137 cm³/mol. The van der Waals surface area contributed by atoms with Crippen LogP contribution in [-0.2, 0) is 7.05 Å². The van der Waals surface area contributed by atoms with Crippen LogP contribution < -0.4 is 5.32 Å². The summed E-state index contributed by atoms with van der Waals surface area (Å²) in [5.74, 6) is 5.57. The molecule has 0 saturated heterocycles. The number of nitrogens with zero attached hydrogens (tertiary/aromatic N) is 2. The second-order valence-corrected chi connectivity index (χ2v) is 12.2. The van der Waals surface area contributed by atoms with Gasteiger partial charge in [0.2, 0.25) is 0 Å². The molecule has 3 aliphatic rings. The zero-order valence-corrected chi connectivity index (χ0v) is 22.0. The van der Waals surface area contributed by atoms with Crippen molar-refractivity contribution in [1.29, 1.82) is 0 Å². The highest BCUT2D eigenvalue weighted by Gasteiger charge is 2.51. The maximum atomic E-state index is 13.5. The van der Waals surface area contributed by atoms with E-state index in [-0.39, 0.29) is 34.6 Å². The number of amides is 1. The number of fused-ring (bicyclic) bond motifs is 1. The van der Waals surface area contributed by atoms with Crippen LogP contribution in [0.1, 0.15) is 74.5 Å². The van der Waals surface area contributed by atoms with Crippen molar-refractivity contribution in [2.45, 2.75) is 75.1 Å². The first-order valence-electron chi connectivity index (χ1n) is 12.7. The van der Waals surface area contributed by atoms with Gasteiger partial charge in [-0.15, -0.1) is 0 Å². The molecule has 2 unspecified atom stereocenters. The number of hydrogen-bond acceptors (Lipinski definition) is 5. The van der Waals surface area contributed by atoms with Crippen molar-refractivity contribution in [1.82, 2.24) is 9.55 Å². The van der Waals surface area contributed by atoms with Crippen LogP contribution in [0, 0.1) is 35.4 Å². The van der Waals surface area contributed by atoms with Gasteiger partial charge in [0.05, 0.1) is 22.6 Å². The van der Waals surface area contributed by atoms with Crippen molar-refractivity contribution in [3.05, 3.63) is 46.8 Å². The van der Waals surface area contributed by atoms with Crippen LogP contribution in [-0.4, -0.2) is 47.6 Å². The summed E-state index contributed by atoms with van der Waals surface area (Å²) in [6.07, 6.45) is 5.06. The lowest BCUT2D eigenvalue weighted by molar-refractivity contribution is -0.109. The highest BCUT2D eigenvalue weighted by atomic mass is 35.5. The SMILES string of the molecule is Cn1cnc(C2CC3CC(O)(C#CC4(O)CC(C(C)(C)O)C4)CC3C2)c1C(=O)Nc1ccc(F)c(Cl)c1. The van der Waals surface area contributed by atoms with Crippen LogP contribution >= 0.6 is 11.6 Å². The van der Waals surface area contributed by atoms with Gasteiger partial charge in [0.1, 0.15) is 22.7 Å². The molecule has 1 amide bonds. The summed E-state index contributed by atoms with van der Waals surface area (Å²) in [5.41, 5.74) is -1.56. The minimum atomic E-state index is -1.15. The Bertz CT molecular complexity index is 1270. The number of carbonyl (C=O) groups is 1. The van der Waals surface area contributed by atoms with Gasteiger partial charge < -0.3 is 25.2 Å². The van der Waals surface area contributed by atoms with Gasteiger partial charge in [-0.2, -0.15) is 0 Å². The summed E-state index contributed by atoms with van der Waals surface area (Å²) < 4.78 is 15.2. The summed E-state index contributed by atoms with van der Waals surface area (Å²) in [7, 11) is 1.76. The average Bonchev–Trinajstić information content (AvgIpc) is 3.43. The van der Waals surface area contributed by atoms with Gasteiger partial charge in [0, 0.05) is 18.7 Å². The van der Waals surface area contributed by atoms with Crippen molar-refractivity contribution in [3.63, 3.8) is 0 Å². The number of aliphatic hydroxyl groups is 3. The number of nitrogens with one attached hydrogen (secondary N) is 1. The van der Waals surface area contributed by atoms with E-state index in [1.54, 1.807) is 31.8 Å². The number of aromatic nitrogens is 2. The molecule has 0 radical (unpaired) electrons. The predicted octanol–water partition coefficient (Wildman–Crippen LogP) is 4.02. The van der Waals surface area contributed by atoms with E-state index in [1.165, 1.54) is 18.2 Å². The quantitative estimate of drug-likeness (QED) is 0.448. The van der Waals surface area contributed by atoms with E-state index in [0.29, 0.717) is 37.1 Å². The van der Waals surface area contributed by atoms with E-state index >= 15 is 0 Å². The smallest absolute Gasteiger partial charge is 0.274 e. The molecule has 1 aromatic heterocycles. The Morgan fingerprint density at radius 3 is 2.32 bits per heavy atom. The van der Waals surface area contributed by atoms with Crippen molar-refractivity contribution in [2.24, 2.45) is 24.8 Å². The molecule has 3 saturated carbocycles. The molecule has 7 nitrogen and oxygen atoms in total. The summed E-state index contributed by atoms with van der Waals surface area (Å²) in [4.78, 5) is 17.7. The van der Waals surface area contributed by atoms with Gasteiger partial charge in [-0.1, -0.05) is 23.4 Å². The summed E-state index contributed by atoms with van der Waals surface area (Å²) >= 11 is 5.85. The number of rotatable bonds is 4. The number of halogens is 2. The van der Waals surface area contributed by atoms with E-state index in [9.17, 15) is 24.5 Å². The van der Waals surface area contributed by atoms with Gasteiger partial charge in [0.15, 0.2) is 0 Å². The maximum absolute atomic E-state index is 13.5. The average molecular weight is 530 g/mol. The third-order valence-corrected chi connectivity index (χ3v) is 8.77. The van der Waals surface area contributed by atoms with Crippen molar-refractivity contribution >= 4 is 23.2 Å². The summed E-state index contributed by atoms with van der Waals surface area (Å²) in [6, 6.07) is 4.04. The third kappa shape index (κ3) is 5.15. The molecule has 1 heterocycles. The van der Waals surface area contributed by atoms with Crippen LogP contribution in [0.2, 0.25) is 5.02 Å². The van der Waals surface area contributed by atoms with Crippen molar-refractivity contribution in [2.75, 3.05) is 5.32 Å². The van der Waals surface area contributed by atoms with Crippen LogP contribution in [0.25, 0.3) is 0 Å². The van der Waals surface area contributed by atoms with E-state index < -0.39 is 22.6 Å². The fourth-order valence-electron chi connectivity index (χ4n) is 6.37. The van der Waals surface area contributed by atoms with Crippen LogP contribution in [0.15, 0.2) is 24.5 Å². The van der Waals surface area contributed by atoms with Crippen molar-refractivity contribution in [3.8, 4) is 11.8 Å². The normalized spacial score (nSPS) is 32.9. The minimum absolute atomic E-state index is 0.00466. The lowest BCUT2D eigenvalue weighted by atomic mass is 9.64. The van der Waals surface area contributed by atoms with E-state index in [1.807, 2.05) is 0 Å². The molecule has 0 bridgehead atoms. The van der Waals surface area contributed by atoms with Gasteiger partial charge in [-0.25, -0.2) is 9.37 Å². The molecule has 3 aliphatic carbocycles. The Morgan fingerprint density at radius 2 is 1.76 bits per heavy atom. The number of carbonyl (C=O) groups excluding carboxylic acids is 1. The molecule has 9 heteroatoms. The first-order chi connectivity index (χ1) is 17.3. The van der Waals surface area contributed by atoms with Crippen molar-refractivity contribution < 1.29 is 24.5 Å². The lowest BCUT2D eigenvalue weighted by Crippen LogP contribution is -2.51. The second kappa shape index (κ2) is 9.09. The summed E-state index contributed by atoms with van der Waals surface area (Å²) in [6.45, 7) is 3.48. The second-order valence-electron chi connectivity index (χ2n) is 11.8. The van der Waals surface area contributed by atoms with Gasteiger partial charge in [-0.05, 0) is 88.3 Å². The monoisotopic (exact) mass is 529 g/mol. The first kappa shape index (κ1) is 26.2. The highest BCUT2D eigenvalue weighted by molar-refractivity contribution is 6.31. The molecule has 198 valence electrons. The molecule has 3 fully saturated rings. The number of imidazole rings is 1. The molecule has 2 aromatic rings. The topological polar surface area (TPSA) is 108 Å². The highest BCUT2D eigenvalue weighted by Crippen LogP contribution is 2.54. The van der Waals surface area contributed by atoms with Crippen LogP contribution in [0.5, 0.6) is 0 Å². The zero-order chi connectivity index (χ0) is 26.8. The Morgan fingerprint density at radius 1 is 1.16 bits per heavy atom. The molecular formula is C28H33ClFN3O4. The Kier molecular flexibility index (Phi) is 6.43. The molecule has 5 rings (SSSR count). The number of aryl methyl sites for hydroxylation is 1. The largest absolute Gasteiger partial charge is 0.390 e. The molecular weight excluding hydrogens is 497 g/mol. The molecule has 0 spiro atoms. The third-order valence-electron chi connectivity index (χ3n) is 8.48. The molecule has 4 N–H and O–H groups in total. The molecule has 0 aliphatic heterocycles.